The molecule has 0 spiro atoms. The van der Waals surface area contributed by atoms with Crippen molar-refractivity contribution in [3.63, 3.8) is 0 Å². The fraction of sp³-hybridized carbons (Fsp3) is 0.333. The minimum atomic E-state index is -0.833. The molecule has 1 aromatic carbocycles. The third-order valence-corrected chi connectivity index (χ3v) is 2.36. The molecular formula is C12H15N3O2. The Bertz CT molecular complexity index is 409. The fourth-order valence-electron chi connectivity index (χ4n) is 1.50. The molecule has 0 heterocycles. The molecule has 0 aliphatic heterocycles. The monoisotopic (exact) mass is 233 g/mol. The molecule has 0 atom stereocenters. The van der Waals surface area contributed by atoms with Crippen molar-refractivity contribution in [3.05, 3.63) is 29.8 Å². The van der Waals surface area contributed by atoms with Crippen molar-refractivity contribution in [3.8, 4) is 6.07 Å². The van der Waals surface area contributed by atoms with Gasteiger partial charge in [0.05, 0.1) is 18.1 Å². The SMILES string of the molecule is N#Cc1ccc(N(CCN)CCC(=O)O)cc1. The second-order valence-corrected chi connectivity index (χ2v) is 3.58. The quantitative estimate of drug-likeness (QED) is 0.758. The van der Waals surface area contributed by atoms with E-state index in [9.17, 15) is 4.79 Å². The van der Waals surface area contributed by atoms with Crippen LogP contribution in [0.3, 0.4) is 0 Å². The summed E-state index contributed by atoms with van der Waals surface area (Å²) in [5.74, 6) is -0.833. The summed E-state index contributed by atoms with van der Waals surface area (Å²) in [7, 11) is 0. The van der Waals surface area contributed by atoms with Crippen LogP contribution < -0.4 is 10.6 Å². The first-order valence-corrected chi connectivity index (χ1v) is 5.34. The zero-order valence-corrected chi connectivity index (χ0v) is 9.47. The summed E-state index contributed by atoms with van der Waals surface area (Å²) in [6, 6.07) is 9.06. The molecule has 1 aromatic rings. The zero-order valence-electron chi connectivity index (χ0n) is 9.47. The average Bonchev–Trinajstić information content (AvgIpc) is 2.34. The second-order valence-electron chi connectivity index (χ2n) is 3.58. The first-order chi connectivity index (χ1) is 8.17. The van der Waals surface area contributed by atoms with Gasteiger partial charge in [-0.05, 0) is 24.3 Å². The van der Waals surface area contributed by atoms with Gasteiger partial charge in [-0.15, -0.1) is 0 Å². The number of benzene rings is 1. The van der Waals surface area contributed by atoms with E-state index in [-0.39, 0.29) is 6.42 Å². The van der Waals surface area contributed by atoms with Crippen LogP contribution in [0.2, 0.25) is 0 Å². The molecule has 0 bridgehead atoms. The molecule has 17 heavy (non-hydrogen) atoms. The normalized spacial score (nSPS) is 9.65. The predicted octanol–water partition coefficient (Wildman–Crippen LogP) is 0.798. The number of anilines is 1. The molecule has 0 saturated carbocycles. The smallest absolute Gasteiger partial charge is 0.305 e. The lowest BCUT2D eigenvalue weighted by Gasteiger charge is -2.23. The van der Waals surface area contributed by atoms with Crippen LogP contribution in [-0.4, -0.2) is 30.7 Å². The number of nitrogens with two attached hydrogens (primary N) is 1. The molecule has 0 saturated heterocycles. The Hall–Kier alpha value is -2.06. The third-order valence-electron chi connectivity index (χ3n) is 2.36. The lowest BCUT2D eigenvalue weighted by atomic mass is 10.2. The van der Waals surface area contributed by atoms with Crippen molar-refractivity contribution in [2.75, 3.05) is 24.5 Å². The summed E-state index contributed by atoms with van der Waals surface area (Å²) >= 11 is 0. The molecule has 5 heteroatoms. The van der Waals surface area contributed by atoms with Crippen molar-refractivity contribution < 1.29 is 9.90 Å². The summed E-state index contributed by atoms with van der Waals surface area (Å²) in [6.07, 6.45) is 0.0694. The van der Waals surface area contributed by atoms with Gasteiger partial charge in [-0.2, -0.15) is 5.26 Å². The molecule has 0 amide bonds. The van der Waals surface area contributed by atoms with E-state index in [1.54, 1.807) is 24.3 Å². The predicted molar refractivity (Wildman–Crippen MR) is 64.7 cm³/mol. The lowest BCUT2D eigenvalue weighted by Crippen LogP contribution is -2.31. The van der Waals surface area contributed by atoms with Crippen molar-refractivity contribution in [2.24, 2.45) is 5.73 Å². The maximum absolute atomic E-state index is 10.5. The Morgan fingerprint density at radius 3 is 2.47 bits per heavy atom. The molecule has 0 unspecified atom stereocenters. The number of carboxylic acid groups (broad SMARTS) is 1. The summed E-state index contributed by atoms with van der Waals surface area (Å²) in [4.78, 5) is 12.4. The Labute approximate surface area is 100 Å². The van der Waals surface area contributed by atoms with Gasteiger partial charge in [0.25, 0.3) is 0 Å². The van der Waals surface area contributed by atoms with E-state index < -0.39 is 5.97 Å². The molecule has 90 valence electrons. The van der Waals surface area contributed by atoms with Gasteiger partial charge in [0.1, 0.15) is 0 Å². The molecule has 3 N–H and O–H groups in total. The van der Waals surface area contributed by atoms with Crippen LogP contribution in [0.15, 0.2) is 24.3 Å². The van der Waals surface area contributed by atoms with Gasteiger partial charge in [-0.25, -0.2) is 0 Å². The molecule has 1 rings (SSSR count). The largest absolute Gasteiger partial charge is 0.481 e. The molecule has 0 fully saturated rings. The van der Waals surface area contributed by atoms with E-state index in [2.05, 4.69) is 0 Å². The van der Waals surface area contributed by atoms with E-state index in [4.69, 9.17) is 16.1 Å². The van der Waals surface area contributed by atoms with Crippen LogP contribution in [0.5, 0.6) is 0 Å². The molecule has 5 nitrogen and oxygen atoms in total. The van der Waals surface area contributed by atoms with Gasteiger partial charge in [-0.3, -0.25) is 4.79 Å². The van der Waals surface area contributed by atoms with Crippen molar-refractivity contribution >= 4 is 11.7 Å². The standard InChI is InChI=1S/C12H15N3O2/c13-6-8-15(7-5-12(16)17)11-3-1-10(9-14)2-4-11/h1-4H,5-8,13H2,(H,16,17). The second kappa shape index (κ2) is 6.51. The summed E-state index contributed by atoms with van der Waals surface area (Å²) in [6.45, 7) is 1.47. The highest BCUT2D eigenvalue weighted by atomic mass is 16.4. The van der Waals surface area contributed by atoms with Gasteiger partial charge in [-0.1, -0.05) is 0 Å². The number of carboxylic acids is 1. The van der Waals surface area contributed by atoms with Crippen LogP contribution in [0, 0.1) is 11.3 Å². The van der Waals surface area contributed by atoms with E-state index in [1.165, 1.54) is 0 Å². The number of hydrogen-bond donors (Lipinski definition) is 2. The number of hydrogen-bond acceptors (Lipinski definition) is 4. The van der Waals surface area contributed by atoms with Crippen LogP contribution in [0.4, 0.5) is 5.69 Å². The van der Waals surface area contributed by atoms with E-state index in [0.717, 1.165) is 5.69 Å². The minimum Gasteiger partial charge on any atom is -0.481 e. The van der Waals surface area contributed by atoms with Crippen LogP contribution in [0.25, 0.3) is 0 Å². The molecular weight excluding hydrogens is 218 g/mol. The summed E-state index contributed by atoms with van der Waals surface area (Å²) in [5, 5.41) is 17.3. The average molecular weight is 233 g/mol. The van der Waals surface area contributed by atoms with Crippen molar-refractivity contribution in [2.45, 2.75) is 6.42 Å². The Morgan fingerprint density at radius 1 is 1.35 bits per heavy atom. The van der Waals surface area contributed by atoms with Gasteiger partial charge >= 0.3 is 5.97 Å². The highest BCUT2D eigenvalue weighted by Crippen LogP contribution is 2.15. The molecule has 0 aliphatic carbocycles. The van der Waals surface area contributed by atoms with E-state index >= 15 is 0 Å². The van der Waals surface area contributed by atoms with Gasteiger partial charge < -0.3 is 15.7 Å². The van der Waals surface area contributed by atoms with Crippen molar-refractivity contribution in [1.29, 1.82) is 5.26 Å². The van der Waals surface area contributed by atoms with Crippen LogP contribution >= 0.6 is 0 Å². The lowest BCUT2D eigenvalue weighted by molar-refractivity contribution is -0.136. The Morgan fingerprint density at radius 2 is 2.00 bits per heavy atom. The summed E-state index contributed by atoms with van der Waals surface area (Å²) < 4.78 is 0. The number of nitriles is 1. The van der Waals surface area contributed by atoms with Gasteiger partial charge in [0.15, 0.2) is 0 Å². The van der Waals surface area contributed by atoms with Crippen molar-refractivity contribution in [1.82, 2.24) is 0 Å². The molecule has 0 aliphatic rings. The molecule has 0 aromatic heterocycles. The third kappa shape index (κ3) is 4.13. The van der Waals surface area contributed by atoms with Crippen LogP contribution in [-0.2, 0) is 4.79 Å². The summed E-state index contributed by atoms with van der Waals surface area (Å²) in [5.41, 5.74) is 6.96. The Kier molecular flexibility index (Phi) is 4.98. The maximum atomic E-state index is 10.5. The highest BCUT2D eigenvalue weighted by Gasteiger charge is 2.07. The van der Waals surface area contributed by atoms with Crippen LogP contribution in [0.1, 0.15) is 12.0 Å². The number of carbonyl (C=O) groups is 1. The maximum Gasteiger partial charge on any atom is 0.305 e. The topological polar surface area (TPSA) is 90.4 Å². The minimum absolute atomic E-state index is 0.0694. The fourth-order valence-corrected chi connectivity index (χ4v) is 1.50. The number of nitrogens with zero attached hydrogens (tertiary/aromatic N) is 2. The van der Waals surface area contributed by atoms with E-state index in [1.807, 2.05) is 11.0 Å². The van der Waals surface area contributed by atoms with Gasteiger partial charge in [0, 0.05) is 25.3 Å². The Balaban J connectivity index is 2.74. The molecule has 0 radical (unpaired) electrons. The number of aliphatic carboxylic acids is 1. The van der Waals surface area contributed by atoms with E-state index in [0.29, 0.717) is 25.2 Å². The zero-order chi connectivity index (χ0) is 12.7. The first kappa shape index (κ1) is 13.0. The van der Waals surface area contributed by atoms with Gasteiger partial charge in [0.2, 0.25) is 0 Å². The number of rotatable bonds is 6. The first-order valence-electron chi connectivity index (χ1n) is 5.34. The highest BCUT2D eigenvalue weighted by molar-refractivity contribution is 5.67.